The number of hydrogen-bond acceptors (Lipinski definition) is 5. The van der Waals surface area contributed by atoms with Crippen molar-refractivity contribution in [3.05, 3.63) is 77.1 Å². The molecule has 0 amide bonds. The molecule has 1 aliphatic heterocycles. The summed E-state index contributed by atoms with van der Waals surface area (Å²) in [6.07, 6.45) is 0.482. The van der Waals surface area contributed by atoms with Crippen LogP contribution in [-0.2, 0) is 9.84 Å². The van der Waals surface area contributed by atoms with E-state index in [9.17, 15) is 22.3 Å². The van der Waals surface area contributed by atoms with Gasteiger partial charge in [-0.1, -0.05) is 29.8 Å². The van der Waals surface area contributed by atoms with E-state index in [4.69, 9.17) is 16.3 Å². The number of aliphatic hydroxyl groups is 1. The van der Waals surface area contributed by atoms with Crippen LogP contribution in [0.5, 0.6) is 5.75 Å². The molecule has 0 saturated carbocycles. The molecule has 0 aliphatic carbocycles. The number of nitrogens with zero attached hydrogens (tertiary/aromatic N) is 2. The zero-order valence-corrected chi connectivity index (χ0v) is 19.4. The summed E-state index contributed by atoms with van der Waals surface area (Å²) in [5.74, 6) is 0.409. The molecule has 0 fully saturated rings. The molecule has 0 spiro atoms. The van der Waals surface area contributed by atoms with E-state index in [1.807, 2.05) is 16.7 Å². The Kier molecular flexibility index (Phi) is 5.58. The van der Waals surface area contributed by atoms with Crippen LogP contribution in [0.25, 0.3) is 22.2 Å². The van der Waals surface area contributed by atoms with Gasteiger partial charge in [-0.05, 0) is 53.6 Å². The number of imidazole rings is 1. The number of hydrogen-bond donors (Lipinski definition) is 1. The third-order valence-electron chi connectivity index (χ3n) is 5.94. The lowest BCUT2D eigenvalue weighted by Gasteiger charge is -2.19. The second-order valence-corrected chi connectivity index (χ2v) is 10.6. The van der Waals surface area contributed by atoms with Crippen molar-refractivity contribution in [1.82, 2.24) is 9.55 Å². The van der Waals surface area contributed by atoms with Crippen LogP contribution < -0.4 is 4.74 Å². The molecule has 0 saturated heterocycles. The molecule has 5 rings (SSSR count). The number of aliphatic hydroxyl groups excluding tert-OH is 1. The average molecular weight is 505 g/mol. The van der Waals surface area contributed by atoms with Gasteiger partial charge in [0.2, 0.25) is 0 Å². The normalized spacial score (nSPS) is 17.9. The predicted molar refractivity (Wildman–Crippen MR) is 124 cm³/mol. The van der Waals surface area contributed by atoms with Crippen molar-refractivity contribution in [3.8, 4) is 16.9 Å². The fraction of sp³-hybridized carbons (Fsp3) is 0.208. The van der Waals surface area contributed by atoms with Crippen LogP contribution in [0.15, 0.2) is 65.6 Å². The Bertz CT molecular complexity index is 1500. The highest BCUT2D eigenvalue weighted by Crippen LogP contribution is 2.45. The molecule has 0 unspecified atom stereocenters. The SMILES string of the molecule is CS(=O)(=O)c1ccc(-c2ccc3nc4n(c3c2)[C@@H](c2cc(Cl)ccc2OC(F)F)C[C@H]4O)cc1. The maximum Gasteiger partial charge on any atom is 0.387 e. The molecule has 6 nitrogen and oxygen atoms in total. The van der Waals surface area contributed by atoms with Gasteiger partial charge in [-0.25, -0.2) is 13.4 Å². The van der Waals surface area contributed by atoms with Gasteiger partial charge in [-0.3, -0.25) is 0 Å². The number of halogens is 3. The second-order valence-electron chi connectivity index (χ2n) is 8.17. The van der Waals surface area contributed by atoms with Gasteiger partial charge in [-0.15, -0.1) is 0 Å². The molecule has 1 aromatic heterocycles. The third-order valence-corrected chi connectivity index (χ3v) is 7.30. The largest absolute Gasteiger partial charge is 0.434 e. The minimum atomic E-state index is -3.31. The Labute approximate surface area is 199 Å². The first kappa shape index (κ1) is 22.8. The lowest BCUT2D eigenvalue weighted by molar-refractivity contribution is -0.0507. The molecule has 2 heterocycles. The van der Waals surface area contributed by atoms with E-state index in [0.717, 1.165) is 17.4 Å². The molecule has 3 aromatic carbocycles. The van der Waals surface area contributed by atoms with Crippen LogP contribution in [0, 0.1) is 0 Å². The highest BCUT2D eigenvalue weighted by atomic mass is 35.5. The first-order chi connectivity index (χ1) is 16.1. The molecule has 0 bridgehead atoms. The zero-order chi connectivity index (χ0) is 24.2. The van der Waals surface area contributed by atoms with Crippen LogP contribution in [0.2, 0.25) is 5.02 Å². The Balaban J connectivity index is 1.63. The van der Waals surface area contributed by atoms with E-state index >= 15 is 0 Å². The Morgan fingerprint density at radius 3 is 2.47 bits per heavy atom. The van der Waals surface area contributed by atoms with Gasteiger partial charge in [0, 0.05) is 23.3 Å². The van der Waals surface area contributed by atoms with Gasteiger partial charge >= 0.3 is 6.61 Å². The fourth-order valence-electron chi connectivity index (χ4n) is 4.42. The monoisotopic (exact) mass is 504 g/mol. The van der Waals surface area contributed by atoms with E-state index in [2.05, 4.69) is 4.98 Å². The molecule has 0 radical (unpaired) electrons. The smallest absolute Gasteiger partial charge is 0.387 e. The lowest BCUT2D eigenvalue weighted by Crippen LogP contribution is -2.10. The van der Waals surface area contributed by atoms with E-state index < -0.39 is 28.6 Å². The van der Waals surface area contributed by atoms with Crippen molar-refractivity contribution < 1.29 is 27.0 Å². The summed E-state index contributed by atoms with van der Waals surface area (Å²) < 4.78 is 56.1. The minimum absolute atomic E-state index is 0.0150. The van der Waals surface area contributed by atoms with Crippen molar-refractivity contribution >= 4 is 32.5 Å². The highest BCUT2D eigenvalue weighted by Gasteiger charge is 2.36. The van der Waals surface area contributed by atoms with Gasteiger partial charge in [0.25, 0.3) is 0 Å². The van der Waals surface area contributed by atoms with Crippen LogP contribution in [0.4, 0.5) is 8.78 Å². The fourth-order valence-corrected chi connectivity index (χ4v) is 5.23. The topological polar surface area (TPSA) is 81.4 Å². The quantitative estimate of drug-likeness (QED) is 0.394. The van der Waals surface area contributed by atoms with Crippen molar-refractivity contribution in [3.63, 3.8) is 0 Å². The lowest BCUT2D eigenvalue weighted by atomic mass is 10.0. The number of rotatable bonds is 5. The highest BCUT2D eigenvalue weighted by molar-refractivity contribution is 7.90. The first-order valence-electron chi connectivity index (χ1n) is 10.4. The average Bonchev–Trinajstić information content (AvgIpc) is 3.31. The molecular formula is C24H19ClF2N2O4S. The second kappa shape index (κ2) is 8.33. The summed E-state index contributed by atoms with van der Waals surface area (Å²) in [7, 11) is -3.31. The maximum absolute atomic E-state index is 13.0. The molecule has 1 aliphatic rings. The molecule has 2 atom stereocenters. The zero-order valence-electron chi connectivity index (χ0n) is 17.8. The summed E-state index contributed by atoms with van der Waals surface area (Å²) in [5, 5.41) is 11.0. The Morgan fingerprint density at radius 1 is 1.09 bits per heavy atom. The van der Waals surface area contributed by atoms with E-state index in [1.165, 1.54) is 12.1 Å². The number of ether oxygens (including phenoxy) is 1. The Hall–Kier alpha value is -3.01. The summed E-state index contributed by atoms with van der Waals surface area (Å²) in [4.78, 5) is 4.78. The van der Waals surface area contributed by atoms with Gasteiger partial charge in [0.1, 0.15) is 17.7 Å². The molecule has 176 valence electrons. The van der Waals surface area contributed by atoms with Crippen LogP contribution >= 0.6 is 11.6 Å². The van der Waals surface area contributed by atoms with Crippen molar-refractivity contribution in [2.45, 2.75) is 30.1 Å². The minimum Gasteiger partial charge on any atom is -0.434 e. The molecular weight excluding hydrogens is 486 g/mol. The van der Waals surface area contributed by atoms with Crippen LogP contribution in [-0.4, -0.2) is 35.9 Å². The van der Waals surface area contributed by atoms with Gasteiger partial charge in [0.15, 0.2) is 9.84 Å². The predicted octanol–water partition coefficient (Wildman–Crippen LogP) is 5.39. The Morgan fingerprint density at radius 2 is 1.79 bits per heavy atom. The van der Waals surface area contributed by atoms with Crippen LogP contribution in [0.3, 0.4) is 0 Å². The summed E-state index contributed by atoms with van der Waals surface area (Å²) in [5.41, 5.74) is 3.36. The van der Waals surface area contributed by atoms with E-state index in [1.54, 1.807) is 36.4 Å². The summed E-state index contributed by atoms with van der Waals surface area (Å²) >= 11 is 6.16. The molecule has 34 heavy (non-hydrogen) atoms. The van der Waals surface area contributed by atoms with Gasteiger partial charge < -0.3 is 14.4 Å². The molecule has 4 aromatic rings. The molecule has 1 N–H and O–H groups in total. The van der Waals surface area contributed by atoms with Crippen molar-refractivity contribution in [2.24, 2.45) is 0 Å². The van der Waals surface area contributed by atoms with Crippen LogP contribution in [0.1, 0.15) is 30.0 Å². The molecule has 10 heteroatoms. The van der Waals surface area contributed by atoms with Gasteiger partial charge in [-0.2, -0.15) is 8.78 Å². The van der Waals surface area contributed by atoms with Gasteiger partial charge in [0.05, 0.1) is 22.0 Å². The number of benzene rings is 3. The number of sulfone groups is 1. The van der Waals surface area contributed by atoms with E-state index in [0.29, 0.717) is 27.4 Å². The maximum atomic E-state index is 13.0. The third kappa shape index (κ3) is 4.04. The first-order valence-corrected chi connectivity index (χ1v) is 12.6. The van der Waals surface area contributed by atoms with Crippen molar-refractivity contribution in [1.29, 1.82) is 0 Å². The van der Waals surface area contributed by atoms with E-state index in [-0.39, 0.29) is 17.1 Å². The summed E-state index contributed by atoms with van der Waals surface area (Å²) in [6, 6.07) is 16.0. The number of alkyl halides is 2. The number of fused-ring (bicyclic) bond motifs is 3. The standard InChI is InChI=1S/C24H19ClF2N2O4S/c1-34(31,32)16-6-2-13(3-7-16)14-4-8-18-20(10-14)29-19(12-21(30)23(29)28-18)17-11-15(25)5-9-22(17)33-24(26)27/h2-11,19,21,24,30H,12H2,1H3/t19-,21-/m1/s1. The van der Waals surface area contributed by atoms with Crippen molar-refractivity contribution in [2.75, 3.05) is 6.26 Å². The number of aromatic nitrogens is 2. The summed E-state index contributed by atoms with van der Waals surface area (Å²) in [6.45, 7) is -3.01.